The van der Waals surface area contributed by atoms with Crippen molar-refractivity contribution in [2.45, 2.75) is 0 Å². The fourth-order valence-electron chi connectivity index (χ4n) is 1.71. The van der Waals surface area contributed by atoms with Gasteiger partial charge in [0.05, 0.1) is 17.1 Å². The fourth-order valence-corrected chi connectivity index (χ4v) is 1.71. The summed E-state index contributed by atoms with van der Waals surface area (Å²) in [6, 6.07) is 1.64. The first-order chi connectivity index (χ1) is 8.18. The molecule has 0 spiro atoms. The van der Waals surface area contributed by atoms with Crippen molar-refractivity contribution in [1.29, 1.82) is 0 Å². The number of carbonyl (C=O) groups is 1. The van der Waals surface area contributed by atoms with E-state index in [0.717, 1.165) is 0 Å². The molecule has 3 heterocycles. The molecule has 17 heavy (non-hydrogen) atoms. The molecule has 0 amide bonds. The Labute approximate surface area is 93.3 Å². The molecule has 0 saturated carbocycles. The Morgan fingerprint density at radius 3 is 3.00 bits per heavy atom. The van der Waals surface area contributed by atoms with Crippen LogP contribution in [-0.2, 0) is 0 Å². The number of aromatic nitrogens is 4. The van der Waals surface area contributed by atoms with Crippen LogP contribution in [0.1, 0.15) is 10.4 Å². The summed E-state index contributed by atoms with van der Waals surface area (Å²) in [7, 11) is 0. The number of carboxylic acid groups (broad SMARTS) is 1. The molecule has 0 unspecified atom stereocenters. The molecule has 0 aromatic carbocycles. The van der Waals surface area contributed by atoms with E-state index in [-0.39, 0.29) is 16.8 Å². The maximum atomic E-state index is 11.5. The van der Waals surface area contributed by atoms with Crippen LogP contribution in [0.4, 0.5) is 0 Å². The Hall–Kier alpha value is -2.70. The Balaban J connectivity index is 2.54. The third-order valence-corrected chi connectivity index (χ3v) is 2.49. The minimum Gasteiger partial charge on any atom is -0.477 e. The van der Waals surface area contributed by atoms with Gasteiger partial charge in [-0.1, -0.05) is 0 Å². The second kappa shape index (κ2) is 3.14. The van der Waals surface area contributed by atoms with Crippen LogP contribution in [0.15, 0.2) is 29.5 Å². The number of aromatic amines is 1. The summed E-state index contributed by atoms with van der Waals surface area (Å²) in [6.45, 7) is 0. The van der Waals surface area contributed by atoms with Crippen molar-refractivity contribution in [3.05, 3.63) is 40.6 Å². The van der Waals surface area contributed by atoms with Gasteiger partial charge in [-0.3, -0.25) is 4.79 Å². The van der Waals surface area contributed by atoms with Gasteiger partial charge in [-0.15, -0.1) is 0 Å². The molecule has 0 aliphatic heterocycles. The number of H-pyrrole nitrogens is 1. The normalized spacial score (nSPS) is 11.1. The molecule has 0 saturated heterocycles. The third-order valence-electron chi connectivity index (χ3n) is 2.49. The van der Waals surface area contributed by atoms with Crippen LogP contribution < -0.4 is 5.56 Å². The van der Waals surface area contributed by atoms with Gasteiger partial charge in [-0.2, -0.15) is 5.10 Å². The summed E-state index contributed by atoms with van der Waals surface area (Å²) in [4.78, 5) is 28.9. The molecule has 0 aliphatic rings. The first-order valence-corrected chi connectivity index (χ1v) is 4.76. The van der Waals surface area contributed by atoms with E-state index >= 15 is 0 Å². The molecule has 0 atom stereocenters. The van der Waals surface area contributed by atoms with E-state index in [2.05, 4.69) is 15.1 Å². The van der Waals surface area contributed by atoms with E-state index in [1.807, 2.05) is 0 Å². The number of carboxylic acids is 1. The van der Waals surface area contributed by atoms with Crippen LogP contribution in [0.5, 0.6) is 0 Å². The quantitative estimate of drug-likeness (QED) is 0.624. The van der Waals surface area contributed by atoms with Crippen molar-refractivity contribution in [3.63, 3.8) is 0 Å². The Morgan fingerprint density at radius 1 is 1.41 bits per heavy atom. The van der Waals surface area contributed by atoms with E-state index < -0.39 is 5.97 Å². The van der Waals surface area contributed by atoms with Crippen LogP contribution in [0, 0.1) is 0 Å². The van der Waals surface area contributed by atoms with Crippen molar-refractivity contribution in [3.8, 4) is 0 Å². The number of hydrogen-bond donors (Lipinski definition) is 2. The second-order valence-electron chi connectivity index (χ2n) is 3.46. The maximum absolute atomic E-state index is 11.5. The van der Waals surface area contributed by atoms with Crippen molar-refractivity contribution >= 4 is 22.5 Å². The zero-order valence-electron chi connectivity index (χ0n) is 8.41. The maximum Gasteiger partial charge on any atom is 0.341 e. The van der Waals surface area contributed by atoms with Crippen LogP contribution >= 0.6 is 0 Å². The first-order valence-electron chi connectivity index (χ1n) is 4.76. The highest BCUT2D eigenvalue weighted by Gasteiger charge is 2.14. The summed E-state index contributed by atoms with van der Waals surface area (Å²) in [5.41, 5.74) is 0.457. The number of hydrogen-bond acceptors (Lipinski definition) is 4. The number of aromatic carboxylic acids is 1. The molecule has 0 radical (unpaired) electrons. The fraction of sp³-hybridized carbons (Fsp3) is 0. The number of rotatable bonds is 1. The van der Waals surface area contributed by atoms with Crippen LogP contribution in [0.25, 0.3) is 16.6 Å². The van der Waals surface area contributed by atoms with Gasteiger partial charge in [0, 0.05) is 12.4 Å². The van der Waals surface area contributed by atoms with E-state index in [4.69, 9.17) is 5.11 Å². The van der Waals surface area contributed by atoms with Crippen LogP contribution in [0.3, 0.4) is 0 Å². The molecule has 0 fully saturated rings. The van der Waals surface area contributed by atoms with Crippen molar-refractivity contribution < 1.29 is 9.90 Å². The molecular weight excluding hydrogens is 224 g/mol. The third kappa shape index (κ3) is 1.22. The lowest BCUT2D eigenvalue weighted by Gasteiger charge is -1.99. The largest absolute Gasteiger partial charge is 0.477 e. The second-order valence-corrected chi connectivity index (χ2v) is 3.46. The minimum atomic E-state index is -1.10. The highest BCUT2D eigenvalue weighted by atomic mass is 16.4. The minimum absolute atomic E-state index is 0.00665. The van der Waals surface area contributed by atoms with Gasteiger partial charge < -0.3 is 10.1 Å². The highest BCUT2D eigenvalue weighted by molar-refractivity contribution is 5.95. The van der Waals surface area contributed by atoms with E-state index in [9.17, 15) is 9.59 Å². The van der Waals surface area contributed by atoms with Crippen LogP contribution in [0.2, 0.25) is 0 Å². The number of nitrogens with zero attached hydrogens (tertiary/aromatic N) is 3. The molecule has 7 nitrogen and oxygen atoms in total. The number of fused-ring (bicyclic) bond motifs is 3. The van der Waals surface area contributed by atoms with Gasteiger partial charge in [0.25, 0.3) is 5.56 Å². The van der Waals surface area contributed by atoms with Crippen molar-refractivity contribution in [1.82, 2.24) is 19.6 Å². The van der Waals surface area contributed by atoms with E-state index in [1.165, 1.54) is 23.1 Å². The molecule has 0 bridgehead atoms. The topological polar surface area (TPSA) is 100 Å². The molecule has 84 valence electrons. The van der Waals surface area contributed by atoms with Gasteiger partial charge in [0.1, 0.15) is 5.56 Å². The Morgan fingerprint density at radius 2 is 2.24 bits per heavy atom. The van der Waals surface area contributed by atoms with E-state index in [1.54, 1.807) is 6.07 Å². The Bertz CT molecular complexity index is 802. The van der Waals surface area contributed by atoms with Crippen LogP contribution in [-0.4, -0.2) is 30.7 Å². The van der Waals surface area contributed by atoms with Gasteiger partial charge in [0.15, 0.2) is 5.65 Å². The molecule has 3 aromatic heterocycles. The molecule has 0 aliphatic carbocycles. The monoisotopic (exact) mass is 230 g/mol. The van der Waals surface area contributed by atoms with Crippen molar-refractivity contribution in [2.24, 2.45) is 0 Å². The number of pyridine rings is 1. The van der Waals surface area contributed by atoms with Gasteiger partial charge in [0.2, 0.25) is 0 Å². The standard InChI is InChI=1S/C10H6N4O3/c15-9-5-3-12-8-6(10(16)17)4-13-14(8)7(5)1-2-11-9/h1-4H,(H,11,15)(H,16,17). The lowest BCUT2D eigenvalue weighted by atomic mass is 10.3. The predicted molar refractivity (Wildman–Crippen MR) is 58.1 cm³/mol. The van der Waals surface area contributed by atoms with Gasteiger partial charge in [-0.25, -0.2) is 14.3 Å². The van der Waals surface area contributed by atoms with Crippen molar-refractivity contribution in [2.75, 3.05) is 0 Å². The van der Waals surface area contributed by atoms with E-state index in [0.29, 0.717) is 10.9 Å². The summed E-state index contributed by atoms with van der Waals surface area (Å²) >= 11 is 0. The molecule has 3 rings (SSSR count). The summed E-state index contributed by atoms with van der Waals surface area (Å²) in [5.74, 6) is -1.10. The zero-order chi connectivity index (χ0) is 12.0. The average molecular weight is 230 g/mol. The summed E-state index contributed by atoms with van der Waals surface area (Å²) < 4.78 is 1.34. The summed E-state index contributed by atoms with van der Waals surface area (Å²) in [6.07, 6.45) is 4.04. The molecule has 2 N–H and O–H groups in total. The lowest BCUT2D eigenvalue weighted by molar-refractivity contribution is 0.0699. The van der Waals surface area contributed by atoms with Gasteiger partial charge in [-0.05, 0) is 6.07 Å². The highest BCUT2D eigenvalue weighted by Crippen LogP contribution is 2.13. The molecule has 7 heteroatoms. The van der Waals surface area contributed by atoms with Gasteiger partial charge >= 0.3 is 5.97 Å². The lowest BCUT2D eigenvalue weighted by Crippen LogP contribution is -2.08. The first kappa shape index (κ1) is 9.52. The predicted octanol–water partition coefficient (Wildman–Crippen LogP) is 0.269. The SMILES string of the molecule is O=C(O)c1cnn2c1ncc1c(=O)[nH]ccc12. The Kier molecular flexibility index (Phi) is 1.76. The summed E-state index contributed by atoms with van der Waals surface area (Å²) in [5, 5.41) is 13.2. The average Bonchev–Trinajstić information content (AvgIpc) is 2.73. The number of nitrogens with one attached hydrogen (secondary N) is 1. The smallest absolute Gasteiger partial charge is 0.341 e. The zero-order valence-corrected chi connectivity index (χ0v) is 8.41. The molecular formula is C10H6N4O3. The molecule has 3 aromatic rings.